The first-order valence-electron chi connectivity index (χ1n) is 8.42. The zero-order valence-corrected chi connectivity index (χ0v) is 13.8. The van der Waals surface area contributed by atoms with Gasteiger partial charge in [-0.25, -0.2) is 9.50 Å². The predicted octanol–water partition coefficient (Wildman–Crippen LogP) is 3.53. The molecule has 0 aromatic carbocycles. The number of anilines is 1. The van der Waals surface area contributed by atoms with Crippen LogP contribution in [0.4, 0.5) is 5.82 Å². The highest BCUT2D eigenvalue weighted by Crippen LogP contribution is 2.30. The third-order valence-corrected chi connectivity index (χ3v) is 4.60. The van der Waals surface area contributed by atoms with Crippen molar-refractivity contribution in [2.45, 2.75) is 19.8 Å². The molecule has 1 saturated carbocycles. The number of carbonyl (C=O) groups is 1. The summed E-state index contributed by atoms with van der Waals surface area (Å²) in [6.45, 7) is 2.02. The molecule has 6 heteroatoms. The minimum absolute atomic E-state index is 0.0705. The highest BCUT2D eigenvalue weighted by molar-refractivity contribution is 5.93. The summed E-state index contributed by atoms with van der Waals surface area (Å²) in [5.41, 5.74) is 5.06. The van der Waals surface area contributed by atoms with E-state index in [-0.39, 0.29) is 11.8 Å². The molecule has 0 unspecified atom stereocenters. The summed E-state index contributed by atoms with van der Waals surface area (Å²) < 4.78 is 1.78. The van der Waals surface area contributed by atoms with Crippen LogP contribution in [0.15, 0.2) is 42.7 Å². The van der Waals surface area contributed by atoms with E-state index in [1.165, 1.54) is 0 Å². The third-order valence-electron chi connectivity index (χ3n) is 4.60. The minimum Gasteiger partial charge on any atom is -0.344 e. The molecule has 6 nitrogen and oxygen atoms in total. The Kier molecular flexibility index (Phi) is 2.94. The Morgan fingerprint density at radius 2 is 2.12 bits per heavy atom. The third kappa shape index (κ3) is 2.55. The fraction of sp³-hybridized carbons (Fsp3) is 0.211. The van der Waals surface area contributed by atoms with Crippen LogP contribution in [-0.4, -0.2) is 25.5 Å². The van der Waals surface area contributed by atoms with Crippen molar-refractivity contribution in [2.24, 2.45) is 5.92 Å². The van der Waals surface area contributed by atoms with E-state index in [1.54, 1.807) is 4.52 Å². The highest BCUT2D eigenvalue weighted by Gasteiger charge is 2.30. The number of hydrogen-bond acceptors (Lipinski definition) is 3. The number of nitrogens with one attached hydrogen (secondary N) is 2. The quantitative estimate of drug-likeness (QED) is 0.603. The lowest BCUT2D eigenvalue weighted by atomic mass is 10.1. The molecule has 2 N–H and O–H groups in total. The van der Waals surface area contributed by atoms with E-state index >= 15 is 0 Å². The first-order chi connectivity index (χ1) is 12.2. The number of aromatic nitrogens is 4. The van der Waals surface area contributed by atoms with E-state index in [4.69, 9.17) is 0 Å². The van der Waals surface area contributed by atoms with Crippen LogP contribution in [0.2, 0.25) is 0 Å². The van der Waals surface area contributed by atoms with Gasteiger partial charge >= 0.3 is 0 Å². The normalized spacial score (nSPS) is 14.3. The van der Waals surface area contributed by atoms with Gasteiger partial charge in [0, 0.05) is 41.0 Å². The van der Waals surface area contributed by atoms with Gasteiger partial charge in [0.25, 0.3) is 0 Å². The molecule has 1 aliphatic rings. The number of amides is 1. The maximum Gasteiger partial charge on any atom is 0.228 e. The van der Waals surface area contributed by atoms with Gasteiger partial charge in [-0.2, -0.15) is 5.10 Å². The van der Waals surface area contributed by atoms with Crippen molar-refractivity contribution < 1.29 is 4.79 Å². The summed E-state index contributed by atoms with van der Waals surface area (Å²) in [5.74, 6) is 0.841. The lowest BCUT2D eigenvalue weighted by Crippen LogP contribution is -2.13. The number of fused-ring (bicyclic) bond motifs is 2. The molecule has 0 radical (unpaired) electrons. The molecule has 1 aliphatic carbocycles. The molecule has 0 bridgehead atoms. The van der Waals surface area contributed by atoms with E-state index in [2.05, 4.69) is 38.6 Å². The number of aromatic amines is 1. The first kappa shape index (κ1) is 14.2. The van der Waals surface area contributed by atoms with E-state index in [0.717, 1.165) is 46.2 Å². The Bertz CT molecular complexity index is 1120. The fourth-order valence-corrected chi connectivity index (χ4v) is 3.12. The fourth-order valence-electron chi connectivity index (χ4n) is 3.12. The monoisotopic (exact) mass is 331 g/mol. The summed E-state index contributed by atoms with van der Waals surface area (Å²) in [5, 5.41) is 8.41. The topological polar surface area (TPSA) is 75.1 Å². The number of rotatable bonds is 3. The molecular weight excluding hydrogens is 314 g/mol. The van der Waals surface area contributed by atoms with E-state index in [1.807, 2.05) is 31.5 Å². The second-order valence-electron chi connectivity index (χ2n) is 6.69. The number of H-pyrrole nitrogens is 1. The molecule has 25 heavy (non-hydrogen) atoms. The number of aryl methyl sites for hydroxylation is 1. The predicted molar refractivity (Wildman–Crippen MR) is 96.4 cm³/mol. The van der Waals surface area contributed by atoms with E-state index < -0.39 is 0 Å². The maximum atomic E-state index is 11.9. The van der Waals surface area contributed by atoms with Crippen molar-refractivity contribution in [3.63, 3.8) is 0 Å². The van der Waals surface area contributed by atoms with Crippen LogP contribution in [0.25, 0.3) is 27.7 Å². The molecule has 0 saturated heterocycles. The maximum absolute atomic E-state index is 11.9. The number of hydrogen-bond donors (Lipinski definition) is 2. The van der Waals surface area contributed by atoms with Gasteiger partial charge in [0.15, 0.2) is 5.82 Å². The van der Waals surface area contributed by atoms with Crippen molar-refractivity contribution >= 4 is 28.3 Å². The smallest absolute Gasteiger partial charge is 0.228 e. The van der Waals surface area contributed by atoms with Crippen LogP contribution in [-0.2, 0) is 4.79 Å². The van der Waals surface area contributed by atoms with Gasteiger partial charge in [-0.3, -0.25) is 4.79 Å². The first-order valence-corrected chi connectivity index (χ1v) is 8.42. The summed E-state index contributed by atoms with van der Waals surface area (Å²) in [4.78, 5) is 19.6. The molecule has 0 aliphatic heterocycles. The van der Waals surface area contributed by atoms with Crippen LogP contribution in [0.5, 0.6) is 0 Å². The molecular formula is C19H17N5O. The number of pyridine rings is 2. The van der Waals surface area contributed by atoms with Gasteiger partial charge in [0.1, 0.15) is 5.65 Å². The molecule has 124 valence electrons. The van der Waals surface area contributed by atoms with Gasteiger partial charge in [0.2, 0.25) is 5.91 Å². The number of nitrogens with zero attached hydrogens (tertiary/aromatic N) is 3. The van der Waals surface area contributed by atoms with Crippen LogP contribution in [0.1, 0.15) is 18.5 Å². The summed E-state index contributed by atoms with van der Waals surface area (Å²) in [7, 11) is 0. The standard InChI is InChI=1S/C19H17N5O/c1-11-6-14-7-15(10-20-18(14)21-11)13-4-5-24-16(8-13)9-17(23-24)22-19(25)12-2-3-12/h4-10,12H,2-3H2,1H3,(H,20,21)(H,22,23,25). The van der Waals surface area contributed by atoms with Crippen molar-refractivity contribution in [1.82, 2.24) is 19.6 Å². The Hall–Kier alpha value is -3.15. The SMILES string of the molecule is Cc1cc2cc(-c3ccn4nc(NC(=O)C5CC5)cc4c3)cnc2[nH]1. The molecule has 4 aromatic heterocycles. The molecule has 4 heterocycles. The second-order valence-corrected chi connectivity index (χ2v) is 6.69. The zero-order chi connectivity index (χ0) is 17.0. The molecule has 1 fully saturated rings. The molecule has 0 spiro atoms. The Morgan fingerprint density at radius 1 is 1.24 bits per heavy atom. The van der Waals surface area contributed by atoms with Gasteiger partial charge < -0.3 is 10.3 Å². The lowest BCUT2D eigenvalue weighted by molar-refractivity contribution is -0.117. The Labute approximate surface area is 143 Å². The lowest BCUT2D eigenvalue weighted by Gasteiger charge is -2.02. The van der Waals surface area contributed by atoms with Crippen molar-refractivity contribution in [3.8, 4) is 11.1 Å². The van der Waals surface area contributed by atoms with Gasteiger partial charge in [-0.05, 0) is 49.6 Å². The average Bonchev–Trinajstić information content (AvgIpc) is 3.27. The molecule has 1 amide bonds. The zero-order valence-electron chi connectivity index (χ0n) is 13.8. The van der Waals surface area contributed by atoms with Crippen LogP contribution >= 0.6 is 0 Å². The molecule has 0 atom stereocenters. The van der Waals surface area contributed by atoms with Gasteiger partial charge in [0.05, 0.1) is 5.52 Å². The van der Waals surface area contributed by atoms with Gasteiger partial charge in [-0.15, -0.1) is 0 Å². The van der Waals surface area contributed by atoms with Crippen molar-refractivity contribution in [3.05, 3.63) is 48.4 Å². The Balaban J connectivity index is 1.50. The van der Waals surface area contributed by atoms with Crippen LogP contribution < -0.4 is 5.32 Å². The number of carbonyl (C=O) groups excluding carboxylic acids is 1. The summed E-state index contributed by atoms with van der Waals surface area (Å²) >= 11 is 0. The molecule has 5 rings (SSSR count). The van der Waals surface area contributed by atoms with E-state index in [9.17, 15) is 4.79 Å². The summed E-state index contributed by atoms with van der Waals surface area (Å²) in [6.07, 6.45) is 5.75. The highest BCUT2D eigenvalue weighted by atomic mass is 16.2. The molecule has 4 aromatic rings. The van der Waals surface area contributed by atoms with Crippen molar-refractivity contribution in [1.29, 1.82) is 0 Å². The summed E-state index contributed by atoms with van der Waals surface area (Å²) in [6, 6.07) is 10.2. The van der Waals surface area contributed by atoms with Crippen molar-refractivity contribution in [2.75, 3.05) is 5.32 Å². The van der Waals surface area contributed by atoms with Crippen LogP contribution in [0, 0.1) is 12.8 Å². The largest absolute Gasteiger partial charge is 0.344 e. The van der Waals surface area contributed by atoms with Gasteiger partial charge in [-0.1, -0.05) is 0 Å². The van der Waals surface area contributed by atoms with E-state index in [0.29, 0.717) is 5.82 Å². The minimum atomic E-state index is 0.0705. The average molecular weight is 331 g/mol. The Morgan fingerprint density at radius 3 is 2.96 bits per heavy atom. The second kappa shape index (κ2) is 5.17. The van der Waals surface area contributed by atoms with Crippen LogP contribution in [0.3, 0.4) is 0 Å².